The van der Waals surface area contributed by atoms with Crippen LogP contribution in [-0.4, -0.2) is 11.2 Å². The van der Waals surface area contributed by atoms with Gasteiger partial charge in [0.25, 0.3) is 0 Å². The Morgan fingerprint density at radius 3 is 2.92 bits per heavy atom. The highest BCUT2D eigenvalue weighted by molar-refractivity contribution is 5.17. The number of rotatable bonds is 1. The van der Waals surface area contributed by atoms with Crippen molar-refractivity contribution in [3.05, 3.63) is 11.6 Å². The molecule has 0 amide bonds. The molecule has 0 aliphatic heterocycles. The maximum Gasteiger partial charge on any atom is 0.0729 e. The lowest BCUT2D eigenvalue weighted by Gasteiger charge is -2.32. The van der Waals surface area contributed by atoms with Crippen LogP contribution in [0.4, 0.5) is 0 Å². The lowest BCUT2D eigenvalue weighted by molar-refractivity contribution is 0.138. The Bertz CT molecular complexity index is 230. The molecule has 1 N–H and O–H groups in total. The highest BCUT2D eigenvalue weighted by atomic mass is 16.3. The first kappa shape index (κ1) is 9.35. The molecule has 1 atom stereocenters. The number of aliphatic hydroxyl groups is 1. The third-order valence-electron chi connectivity index (χ3n) is 2.22. The monoisotopic (exact) mass is 164 g/mol. The van der Waals surface area contributed by atoms with Crippen molar-refractivity contribution in [3.8, 4) is 12.3 Å². The zero-order chi connectivity index (χ0) is 9.19. The average molecular weight is 164 g/mol. The van der Waals surface area contributed by atoms with E-state index >= 15 is 0 Å². The first-order chi connectivity index (χ1) is 5.53. The second kappa shape index (κ2) is 3.33. The van der Waals surface area contributed by atoms with E-state index in [4.69, 9.17) is 6.42 Å². The highest BCUT2D eigenvalue weighted by Gasteiger charge is 2.26. The molecule has 1 rings (SSSR count). The zero-order valence-corrected chi connectivity index (χ0v) is 7.80. The largest absolute Gasteiger partial charge is 0.389 e. The molecule has 1 aliphatic carbocycles. The van der Waals surface area contributed by atoms with Crippen LogP contribution in [0.2, 0.25) is 0 Å². The van der Waals surface area contributed by atoms with E-state index in [1.54, 1.807) is 0 Å². The fraction of sp³-hybridized carbons (Fsp3) is 0.636. The van der Waals surface area contributed by atoms with E-state index in [2.05, 4.69) is 19.8 Å². The van der Waals surface area contributed by atoms with Gasteiger partial charge in [-0.15, -0.1) is 12.3 Å². The van der Waals surface area contributed by atoms with Crippen LogP contribution in [-0.2, 0) is 0 Å². The smallest absolute Gasteiger partial charge is 0.0729 e. The maximum atomic E-state index is 9.50. The molecule has 0 aromatic heterocycles. The molecule has 1 aliphatic rings. The van der Waals surface area contributed by atoms with Crippen molar-refractivity contribution in [2.24, 2.45) is 5.41 Å². The summed E-state index contributed by atoms with van der Waals surface area (Å²) in [6.45, 7) is 4.33. The highest BCUT2D eigenvalue weighted by Crippen LogP contribution is 2.36. The van der Waals surface area contributed by atoms with Gasteiger partial charge < -0.3 is 5.11 Å². The van der Waals surface area contributed by atoms with Crippen molar-refractivity contribution < 1.29 is 5.11 Å². The Balaban J connectivity index is 2.71. The van der Waals surface area contributed by atoms with E-state index in [-0.39, 0.29) is 11.5 Å². The van der Waals surface area contributed by atoms with Gasteiger partial charge in [-0.25, -0.2) is 0 Å². The van der Waals surface area contributed by atoms with Crippen molar-refractivity contribution in [1.82, 2.24) is 0 Å². The number of hydrogen-bond donors (Lipinski definition) is 1. The van der Waals surface area contributed by atoms with Crippen molar-refractivity contribution in [3.63, 3.8) is 0 Å². The Labute approximate surface area is 74.5 Å². The first-order valence-corrected chi connectivity index (χ1v) is 4.34. The fourth-order valence-electron chi connectivity index (χ4n) is 1.90. The van der Waals surface area contributed by atoms with E-state index in [1.807, 2.05) is 6.08 Å². The summed E-state index contributed by atoms with van der Waals surface area (Å²) >= 11 is 0. The SMILES string of the molecule is C#CCC1=CC(O)CC(C)(C)C1. The molecule has 0 fully saturated rings. The van der Waals surface area contributed by atoms with Crippen LogP contribution in [0.1, 0.15) is 33.1 Å². The average Bonchev–Trinajstić information content (AvgIpc) is 1.82. The molecule has 12 heavy (non-hydrogen) atoms. The second-order valence-electron chi connectivity index (χ2n) is 4.32. The minimum absolute atomic E-state index is 0.209. The predicted octanol–water partition coefficient (Wildman–Crippen LogP) is 2.12. The minimum Gasteiger partial charge on any atom is -0.389 e. The van der Waals surface area contributed by atoms with Crippen LogP contribution in [0.3, 0.4) is 0 Å². The van der Waals surface area contributed by atoms with Crippen LogP contribution in [0, 0.1) is 17.8 Å². The molecule has 0 heterocycles. The van der Waals surface area contributed by atoms with Gasteiger partial charge >= 0.3 is 0 Å². The van der Waals surface area contributed by atoms with E-state index < -0.39 is 0 Å². The summed E-state index contributed by atoms with van der Waals surface area (Å²) in [6, 6.07) is 0. The van der Waals surface area contributed by atoms with Crippen molar-refractivity contribution in [2.45, 2.75) is 39.2 Å². The molecule has 0 saturated carbocycles. The summed E-state index contributed by atoms with van der Waals surface area (Å²) in [6.07, 6.45) is 9.39. The van der Waals surface area contributed by atoms with Crippen LogP contribution in [0.25, 0.3) is 0 Å². The van der Waals surface area contributed by atoms with Gasteiger partial charge in [0.2, 0.25) is 0 Å². The van der Waals surface area contributed by atoms with Crippen LogP contribution < -0.4 is 0 Å². The number of terminal acetylenes is 1. The third kappa shape index (κ3) is 2.39. The van der Waals surface area contributed by atoms with Gasteiger partial charge in [0, 0.05) is 6.42 Å². The molecule has 1 heteroatoms. The summed E-state index contributed by atoms with van der Waals surface area (Å²) in [4.78, 5) is 0. The Kier molecular flexibility index (Phi) is 2.59. The second-order valence-corrected chi connectivity index (χ2v) is 4.32. The summed E-state index contributed by atoms with van der Waals surface area (Å²) < 4.78 is 0. The van der Waals surface area contributed by atoms with E-state index in [1.165, 1.54) is 5.57 Å². The van der Waals surface area contributed by atoms with Crippen LogP contribution in [0.5, 0.6) is 0 Å². The van der Waals surface area contributed by atoms with Crippen LogP contribution >= 0.6 is 0 Å². The van der Waals surface area contributed by atoms with Crippen LogP contribution in [0.15, 0.2) is 11.6 Å². The summed E-state index contributed by atoms with van der Waals surface area (Å²) in [5, 5.41) is 9.50. The molecule has 1 nitrogen and oxygen atoms in total. The van der Waals surface area contributed by atoms with Gasteiger partial charge in [-0.05, 0) is 18.3 Å². The minimum atomic E-state index is -0.294. The molecule has 0 radical (unpaired) electrons. The number of hydrogen-bond acceptors (Lipinski definition) is 1. The lowest BCUT2D eigenvalue weighted by atomic mass is 9.75. The fourth-order valence-corrected chi connectivity index (χ4v) is 1.90. The van der Waals surface area contributed by atoms with E-state index in [9.17, 15) is 5.11 Å². The number of allylic oxidation sites excluding steroid dienone is 1. The van der Waals surface area contributed by atoms with Gasteiger partial charge in [0.15, 0.2) is 0 Å². The standard InChI is InChI=1S/C11H16O/c1-4-5-9-6-10(12)8-11(2,3)7-9/h1,6,10,12H,5,7-8H2,2-3H3. The lowest BCUT2D eigenvalue weighted by Crippen LogP contribution is -2.24. The molecule has 66 valence electrons. The Morgan fingerprint density at radius 2 is 2.42 bits per heavy atom. The third-order valence-corrected chi connectivity index (χ3v) is 2.22. The molecule has 0 aromatic carbocycles. The van der Waals surface area contributed by atoms with Gasteiger partial charge in [-0.2, -0.15) is 0 Å². The number of aliphatic hydroxyl groups excluding tert-OH is 1. The van der Waals surface area contributed by atoms with E-state index in [0.717, 1.165) is 12.8 Å². The topological polar surface area (TPSA) is 20.2 Å². The Morgan fingerprint density at radius 1 is 1.75 bits per heavy atom. The molecule has 0 saturated heterocycles. The summed E-state index contributed by atoms with van der Waals surface area (Å²) in [7, 11) is 0. The van der Waals surface area contributed by atoms with Gasteiger partial charge in [0.05, 0.1) is 6.10 Å². The normalized spacial score (nSPS) is 27.5. The molecular weight excluding hydrogens is 148 g/mol. The van der Waals surface area contributed by atoms with Crippen molar-refractivity contribution in [2.75, 3.05) is 0 Å². The molecule has 0 bridgehead atoms. The summed E-state index contributed by atoms with van der Waals surface area (Å²) in [5.74, 6) is 2.62. The van der Waals surface area contributed by atoms with Crippen molar-refractivity contribution >= 4 is 0 Å². The van der Waals surface area contributed by atoms with Crippen molar-refractivity contribution in [1.29, 1.82) is 0 Å². The molecular formula is C11H16O. The van der Waals surface area contributed by atoms with Gasteiger partial charge in [0.1, 0.15) is 0 Å². The molecule has 0 aromatic rings. The quantitative estimate of drug-likeness (QED) is 0.465. The molecule has 1 unspecified atom stereocenters. The first-order valence-electron chi connectivity index (χ1n) is 4.34. The predicted molar refractivity (Wildman–Crippen MR) is 50.6 cm³/mol. The molecule has 0 spiro atoms. The maximum absolute atomic E-state index is 9.50. The summed E-state index contributed by atoms with van der Waals surface area (Å²) in [5.41, 5.74) is 1.42. The zero-order valence-electron chi connectivity index (χ0n) is 7.80. The van der Waals surface area contributed by atoms with E-state index in [0.29, 0.717) is 6.42 Å². The Hall–Kier alpha value is -0.740. The van der Waals surface area contributed by atoms with Gasteiger partial charge in [-0.1, -0.05) is 25.5 Å². The van der Waals surface area contributed by atoms with Gasteiger partial charge in [-0.3, -0.25) is 0 Å².